The maximum Gasteiger partial charge on any atom is 0.244 e. The molecule has 0 spiro atoms. The van der Waals surface area contributed by atoms with Gasteiger partial charge < -0.3 is 0 Å². The third-order valence-electron chi connectivity index (χ3n) is 3.59. The maximum atomic E-state index is 12.8. The second kappa shape index (κ2) is 6.36. The largest absolute Gasteiger partial charge is 0.244 e. The molecule has 0 saturated carbocycles. The highest BCUT2D eigenvalue weighted by Crippen LogP contribution is 2.33. The molecule has 0 radical (unpaired) electrons. The number of hydrogen-bond acceptors (Lipinski definition) is 2. The summed E-state index contributed by atoms with van der Waals surface area (Å²) in [6, 6.07) is 3.51. The first-order valence-electron chi connectivity index (χ1n) is 6.33. The van der Waals surface area contributed by atoms with Crippen molar-refractivity contribution in [2.45, 2.75) is 30.0 Å². The lowest BCUT2D eigenvalue weighted by Gasteiger charge is -2.33. The van der Waals surface area contributed by atoms with Crippen molar-refractivity contribution >= 4 is 57.8 Å². The summed E-state index contributed by atoms with van der Waals surface area (Å²) < 4.78 is 28.6. The summed E-state index contributed by atoms with van der Waals surface area (Å²) in [6.07, 6.45) is 0.838. The Morgan fingerprint density at radius 3 is 2.50 bits per heavy atom. The predicted molar refractivity (Wildman–Crippen MR) is 91.8 cm³/mol. The zero-order valence-electron chi connectivity index (χ0n) is 11.2. The van der Waals surface area contributed by atoms with Gasteiger partial charge in [-0.2, -0.15) is 4.31 Å². The number of alkyl halides is 1. The van der Waals surface area contributed by atoms with Crippen LogP contribution in [0.5, 0.6) is 0 Å². The Bertz CT molecular complexity index is 618. The first-order valence-corrected chi connectivity index (χ1v) is 10.3. The minimum absolute atomic E-state index is 0.311. The number of piperidine rings is 1. The van der Waals surface area contributed by atoms with Crippen LogP contribution in [0.4, 0.5) is 0 Å². The van der Waals surface area contributed by atoms with E-state index in [1.165, 1.54) is 0 Å². The molecule has 1 fully saturated rings. The van der Waals surface area contributed by atoms with E-state index in [4.69, 9.17) is 0 Å². The third-order valence-corrected chi connectivity index (χ3v) is 8.63. The topological polar surface area (TPSA) is 37.4 Å². The van der Waals surface area contributed by atoms with Gasteiger partial charge in [-0.3, -0.25) is 0 Å². The number of sulfonamides is 1. The lowest BCUT2D eigenvalue weighted by atomic mass is 10.0. The molecule has 0 bridgehead atoms. The van der Waals surface area contributed by atoms with Crippen LogP contribution in [0.1, 0.15) is 18.9 Å². The molecule has 112 valence electrons. The van der Waals surface area contributed by atoms with E-state index in [2.05, 4.69) is 54.7 Å². The summed E-state index contributed by atoms with van der Waals surface area (Å²) in [5, 5.41) is 0. The molecule has 1 saturated heterocycles. The molecule has 2 atom stereocenters. The minimum Gasteiger partial charge on any atom is -0.207 e. The second-order valence-electron chi connectivity index (χ2n) is 5.18. The smallest absolute Gasteiger partial charge is 0.207 e. The molecular formula is C13H16Br3NO2S. The Morgan fingerprint density at radius 2 is 1.90 bits per heavy atom. The Balaban J connectivity index is 2.38. The van der Waals surface area contributed by atoms with Gasteiger partial charge in [-0.05, 0) is 52.9 Å². The first-order chi connectivity index (χ1) is 9.23. The van der Waals surface area contributed by atoms with Crippen molar-refractivity contribution in [1.82, 2.24) is 4.31 Å². The highest BCUT2D eigenvalue weighted by Gasteiger charge is 2.33. The van der Waals surface area contributed by atoms with E-state index in [9.17, 15) is 8.42 Å². The number of nitrogens with zero attached hydrogens (tertiary/aromatic N) is 1. The molecule has 0 aliphatic carbocycles. The summed E-state index contributed by atoms with van der Waals surface area (Å²) >= 11 is 10.4. The van der Waals surface area contributed by atoms with Gasteiger partial charge in [-0.1, -0.05) is 38.8 Å². The number of aryl methyl sites for hydroxylation is 1. The SMILES string of the molecule is Cc1cc(Br)c(S(=O)(=O)N2CCC(Br)C(C)C2)cc1Br. The van der Waals surface area contributed by atoms with E-state index in [0.717, 1.165) is 16.5 Å². The van der Waals surface area contributed by atoms with Gasteiger partial charge in [-0.25, -0.2) is 8.42 Å². The number of hydrogen-bond donors (Lipinski definition) is 0. The van der Waals surface area contributed by atoms with Crippen molar-refractivity contribution in [2.75, 3.05) is 13.1 Å². The molecular weight excluding hydrogens is 474 g/mol. The number of halogens is 3. The van der Waals surface area contributed by atoms with Crippen LogP contribution in [0.15, 0.2) is 26.0 Å². The second-order valence-corrected chi connectivity index (χ2v) is 9.97. The summed E-state index contributed by atoms with van der Waals surface area (Å²) in [6.45, 7) is 5.11. The molecule has 1 aliphatic rings. The monoisotopic (exact) mass is 487 g/mol. The molecule has 0 amide bonds. The highest BCUT2D eigenvalue weighted by molar-refractivity contribution is 9.11. The fourth-order valence-electron chi connectivity index (χ4n) is 2.26. The van der Waals surface area contributed by atoms with E-state index < -0.39 is 10.0 Å². The Morgan fingerprint density at radius 1 is 1.25 bits per heavy atom. The maximum absolute atomic E-state index is 12.8. The number of rotatable bonds is 2. The van der Waals surface area contributed by atoms with Crippen LogP contribution in [0.2, 0.25) is 0 Å². The van der Waals surface area contributed by atoms with Crippen LogP contribution in [0.3, 0.4) is 0 Å². The van der Waals surface area contributed by atoms with Gasteiger partial charge in [0.05, 0.1) is 4.90 Å². The molecule has 1 aliphatic heterocycles. The van der Waals surface area contributed by atoms with Crippen LogP contribution in [-0.4, -0.2) is 30.6 Å². The van der Waals surface area contributed by atoms with Crippen molar-refractivity contribution in [2.24, 2.45) is 5.92 Å². The van der Waals surface area contributed by atoms with Crippen LogP contribution >= 0.6 is 47.8 Å². The highest BCUT2D eigenvalue weighted by atomic mass is 79.9. The van der Waals surface area contributed by atoms with Gasteiger partial charge in [0.1, 0.15) is 0 Å². The Kier molecular flexibility index (Phi) is 5.39. The third kappa shape index (κ3) is 3.32. The fraction of sp³-hybridized carbons (Fsp3) is 0.538. The summed E-state index contributed by atoms with van der Waals surface area (Å²) in [5.74, 6) is 0.311. The molecule has 0 aromatic heterocycles. The molecule has 0 N–H and O–H groups in total. The van der Waals surface area contributed by atoms with Gasteiger partial charge in [-0.15, -0.1) is 0 Å². The van der Waals surface area contributed by atoms with Crippen molar-refractivity contribution in [3.63, 3.8) is 0 Å². The van der Waals surface area contributed by atoms with Crippen LogP contribution < -0.4 is 0 Å². The normalized spacial score (nSPS) is 24.9. The fourth-order valence-corrected chi connectivity index (χ4v) is 5.83. The van der Waals surface area contributed by atoms with Crippen molar-refractivity contribution in [3.05, 3.63) is 26.6 Å². The van der Waals surface area contributed by atoms with Crippen LogP contribution in [0, 0.1) is 12.8 Å². The Labute approximate surface area is 145 Å². The zero-order chi connectivity index (χ0) is 15.1. The van der Waals surface area contributed by atoms with E-state index >= 15 is 0 Å². The molecule has 20 heavy (non-hydrogen) atoms. The van der Waals surface area contributed by atoms with E-state index in [1.807, 2.05) is 13.0 Å². The van der Waals surface area contributed by atoms with Crippen molar-refractivity contribution in [3.8, 4) is 0 Å². The van der Waals surface area contributed by atoms with Crippen molar-refractivity contribution in [1.29, 1.82) is 0 Å². The summed E-state index contributed by atoms with van der Waals surface area (Å²) in [7, 11) is -3.45. The van der Waals surface area contributed by atoms with E-state index in [0.29, 0.717) is 33.2 Å². The lowest BCUT2D eigenvalue weighted by Crippen LogP contribution is -2.43. The van der Waals surface area contributed by atoms with Gasteiger partial charge in [0.2, 0.25) is 10.0 Å². The molecule has 2 rings (SSSR count). The molecule has 2 unspecified atom stereocenters. The van der Waals surface area contributed by atoms with Crippen molar-refractivity contribution < 1.29 is 8.42 Å². The van der Waals surface area contributed by atoms with Crippen LogP contribution in [0.25, 0.3) is 0 Å². The average molecular weight is 490 g/mol. The standard InChI is InChI=1S/C13H16Br3NO2S/c1-8-5-12(16)13(6-11(8)15)20(18,19)17-4-3-10(14)9(2)7-17/h5-6,9-10H,3-4,7H2,1-2H3. The van der Waals surface area contributed by atoms with E-state index in [1.54, 1.807) is 10.4 Å². The Hall–Kier alpha value is 0.570. The lowest BCUT2D eigenvalue weighted by molar-refractivity contribution is 0.291. The summed E-state index contributed by atoms with van der Waals surface area (Å²) in [4.78, 5) is 0.720. The molecule has 3 nitrogen and oxygen atoms in total. The minimum atomic E-state index is -3.45. The molecule has 1 heterocycles. The van der Waals surface area contributed by atoms with Crippen LogP contribution in [-0.2, 0) is 10.0 Å². The molecule has 7 heteroatoms. The average Bonchev–Trinajstić information content (AvgIpc) is 2.36. The molecule has 1 aromatic rings. The van der Waals surface area contributed by atoms with E-state index in [-0.39, 0.29) is 0 Å². The predicted octanol–water partition coefficient (Wildman–Crippen LogP) is 4.31. The van der Waals surface area contributed by atoms with Gasteiger partial charge in [0.25, 0.3) is 0 Å². The quantitative estimate of drug-likeness (QED) is 0.580. The summed E-state index contributed by atoms with van der Waals surface area (Å²) in [5.41, 5.74) is 1.00. The number of benzene rings is 1. The zero-order valence-corrected chi connectivity index (χ0v) is 16.8. The van der Waals surface area contributed by atoms with Gasteiger partial charge >= 0.3 is 0 Å². The van der Waals surface area contributed by atoms with Gasteiger partial charge in [0, 0.05) is 26.9 Å². The first kappa shape index (κ1) is 16.9. The molecule has 1 aromatic carbocycles. The van der Waals surface area contributed by atoms with Gasteiger partial charge in [0.15, 0.2) is 0 Å².